The molecular weight excluding hydrogens is 529 g/mol. The normalized spacial score (nSPS) is 12.9. The van der Waals surface area contributed by atoms with E-state index in [2.05, 4.69) is 9.46 Å². The maximum Gasteiger partial charge on any atom is 0.416 e. The number of alkyl halides is 3. The number of para-hydroxylation sites is 1. The summed E-state index contributed by atoms with van der Waals surface area (Å²) in [6.07, 6.45) is -4.75. The van der Waals surface area contributed by atoms with Crippen LogP contribution in [0.3, 0.4) is 0 Å². The van der Waals surface area contributed by atoms with Gasteiger partial charge in [0.1, 0.15) is 18.1 Å². The highest BCUT2D eigenvalue weighted by Gasteiger charge is 2.32. The van der Waals surface area contributed by atoms with Gasteiger partial charge in [-0.2, -0.15) is 26.3 Å². The highest BCUT2D eigenvalue weighted by atomic mass is 35.5. The van der Waals surface area contributed by atoms with Crippen molar-refractivity contribution in [3.8, 4) is 17.1 Å². The van der Waals surface area contributed by atoms with Gasteiger partial charge in [0.15, 0.2) is 17.1 Å². The van der Waals surface area contributed by atoms with Crippen LogP contribution in [0.5, 0.6) is 5.75 Å². The first-order valence-corrected chi connectivity index (χ1v) is 12.1. The summed E-state index contributed by atoms with van der Waals surface area (Å²) in [5, 5.41) is 0.258. The summed E-state index contributed by atoms with van der Waals surface area (Å²) in [6.45, 7) is 0.761. The van der Waals surface area contributed by atoms with E-state index in [1.165, 1.54) is 25.1 Å². The molecule has 2 aromatic carbocycles. The molecule has 0 aliphatic heterocycles. The molecule has 2 N–H and O–H groups in total. The second-order valence-electron chi connectivity index (χ2n) is 7.31. The lowest BCUT2D eigenvalue weighted by molar-refractivity contribution is -0.143. The van der Waals surface area contributed by atoms with Gasteiger partial charge < -0.3 is 13.9 Å². The van der Waals surface area contributed by atoms with Crippen LogP contribution in [0.2, 0.25) is 5.02 Å². The van der Waals surface area contributed by atoms with Crippen LogP contribution < -0.4 is 19.6 Å². The van der Waals surface area contributed by atoms with Gasteiger partial charge in [-0.1, -0.05) is 24.6 Å². The Morgan fingerprint density at radius 2 is 1.92 bits per heavy atom. The minimum Gasteiger partial charge on any atom is -0.491 e. The topological polar surface area (TPSA) is 124 Å². The van der Waals surface area contributed by atoms with Gasteiger partial charge in [-0.3, -0.25) is 9.59 Å². The van der Waals surface area contributed by atoms with Gasteiger partial charge in [0.25, 0.3) is 10.2 Å². The number of carbonyl (C=O) groups is 1. The predicted octanol–water partition coefficient (Wildman–Crippen LogP) is 3.50. The Morgan fingerprint density at radius 3 is 2.56 bits per heavy atom. The summed E-state index contributed by atoms with van der Waals surface area (Å²) < 4.78 is 84.1. The molecule has 0 saturated heterocycles. The van der Waals surface area contributed by atoms with Crippen LogP contribution in [0.15, 0.2) is 51.7 Å². The molecule has 1 aromatic heterocycles. The lowest BCUT2D eigenvalue weighted by Gasteiger charge is -2.19. The summed E-state index contributed by atoms with van der Waals surface area (Å²) in [6, 6.07) is 6.34. The van der Waals surface area contributed by atoms with Gasteiger partial charge in [0, 0.05) is 12.6 Å². The van der Waals surface area contributed by atoms with E-state index in [0.29, 0.717) is 6.07 Å². The Hall–Kier alpha value is -3.13. The highest BCUT2D eigenvalue weighted by molar-refractivity contribution is 7.87. The highest BCUT2D eigenvalue weighted by Crippen LogP contribution is 2.38. The maximum atomic E-state index is 13.4. The summed E-state index contributed by atoms with van der Waals surface area (Å²) in [4.78, 5) is 24.7. The van der Waals surface area contributed by atoms with Crippen molar-refractivity contribution >= 4 is 38.7 Å². The van der Waals surface area contributed by atoms with Crippen molar-refractivity contribution in [3.63, 3.8) is 0 Å². The molecule has 1 heterocycles. The molecule has 3 rings (SSSR count). The van der Waals surface area contributed by atoms with Crippen LogP contribution in [-0.4, -0.2) is 40.7 Å². The van der Waals surface area contributed by atoms with Gasteiger partial charge >= 0.3 is 12.1 Å². The number of fused-ring (bicyclic) bond motifs is 1. The summed E-state index contributed by atoms with van der Waals surface area (Å²) in [5.74, 6) is -1.64. The fourth-order valence-corrected chi connectivity index (χ4v) is 4.40. The fourth-order valence-electron chi connectivity index (χ4n) is 3.18. The zero-order chi connectivity index (χ0) is 26.7. The lowest BCUT2D eigenvalue weighted by Crippen LogP contribution is -2.49. The Kier molecular flexibility index (Phi) is 8.29. The number of rotatable bonds is 9. The van der Waals surface area contributed by atoms with Gasteiger partial charge in [-0.05, 0) is 30.3 Å². The number of hydrogen-bond acceptors (Lipinski definition) is 7. The molecule has 0 aliphatic carbocycles. The third-order valence-electron chi connectivity index (χ3n) is 4.80. The van der Waals surface area contributed by atoms with Crippen LogP contribution >= 0.6 is 11.6 Å². The number of benzene rings is 2. The zero-order valence-corrected chi connectivity index (χ0v) is 20.4. The summed E-state index contributed by atoms with van der Waals surface area (Å²) in [5.41, 5.74) is -1.66. The quantitative estimate of drug-likeness (QED) is 0.392. The third-order valence-corrected chi connectivity index (χ3v) is 6.37. The Labute approximate surface area is 208 Å². The van der Waals surface area contributed by atoms with Crippen molar-refractivity contribution in [1.29, 1.82) is 0 Å². The minimum absolute atomic E-state index is 0.00537. The second kappa shape index (κ2) is 10.9. The maximum absolute atomic E-state index is 13.4. The molecule has 0 saturated carbocycles. The standard InChI is InChI=1S/C22H20ClF3N2O7S/c1-3-27-36(31,32)28-16(21(30)33-2)11-34-18-9-12(22(24,25)26)7-8-14(18)19-10-17(29)13-5-4-6-15(23)20(13)35-19/h4-10,16,27-28H,3,11H2,1-2H3/t16-/m0/s1. The molecule has 0 fully saturated rings. The SMILES string of the molecule is CCNS(=O)(=O)N[C@@H](COc1cc(C(F)(F)F)ccc1-c1cc(=O)c2cccc(Cl)c2o1)C(=O)OC. The number of ether oxygens (including phenoxy) is 2. The molecular formula is C22H20ClF3N2O7S. The molecule has 0 amide bonds. The van der Waals surface area contributed by atoms with Crippen molar-refractivity contribution in [2.45, 2.75) is 19.1 Å². The van der Waals surface area contributed by atoms with Gasteiger partial charge in [0.2, 0.25) is 0 Å². The second-order valence-corrected chi connectivity index (χ2v) is 9.24. The van der Waals surface area contributed by atoms with E-state index in [4.69, 9.17) is 20.8 Å². The molecule has 194 valence electrons. The Balaban J connectivity index is 2.07. The molecule has 0 aliphatic rings. The van der Waals surface area contributed by atoms with E-state index < -0.39 is 51.7 Å². The number of nitrogens with one attached hydrogen (secondary N) is 2. The van der Waals surface area contributed by atoms with Crippen molar-refractivity contribution in [3.05, 3.63) is 63.3 Å². The molecule has 14 heteroatoms. The fraction of sp³-hybridized carbons (Fsp3) is 0.273. The van der Waals surface area contributed by atoms with E-state index in [9.17, 15) is 31.2 Å². The first kappa shape index (κ1) is 27.5. The minimum atomic E-state index is -4.75. The van der Waals surface area contributed by atoms with Gasteiger partial charge in [-0.25, -0.2) is 4.72 Å². The number of esters is 1. The number of methoxy groups -OCH3 is 1. The summed E-state index contributed by atoms with van der Waals surface area (Å²) in [7, 11) is -3.15. The first-order chi connectivity index (χ1) is 16.9. The predicted molar refractivity (Wildman–Crippen MR) is 125 cm³/mol. The van der Waals surface area contributed by atoms with Crippen molar-refractivity contribution in [2.75, 3.05) is 20.3 Å². The molecule has 9 nitrogen and oxygen atoms in total. The van der Waals surface area contributed by atoms with Crippen molar-refractivity contribution in [2.24, 2.45) is 0 Å². The van der Waals surface area contributed by atoms with Crippen LogP contribution in [0, 0.1) is 0 Å². The lowest BCUT2D eigenvalue weighted by atomic mass is 10.1. The monoisotopic (exact) mass is 548 g/mol. The van der Waals surface area contributed by atoms with E-state index in [1.807, 2.05) is 4.72 Å². The average Bonchev–Trinajstić information content (AvgIpc) is 2.81. The van der Waals surface area contributed by atoms with E-state index in [0.717, 1.165) is 25.3 Å². The zero-order valence-electron chi connectivity index (χ0n) is 18.8. The Morgan fingerprint density at radius 1 is 1.19 bits per heavy atom. The van der Waals surface area contributed by atoms with E-state index >= 15 is 0 Å². The molecule has 1 atom stereocenters. The largest absolute Gasteiger partial charge is 0.491 e. The van der Waals surface area contributed by atoms with Crippen LogP contribution in [0.1, 0.15) is 12.5 Å². The van der Waals surface area contributed by atoms with Gasteiger partial charge in [0.05, 0.1) is 28.6 Å². The third kappa shape index (κ3) is 6.35. The molecule has 3 aromatic rings. The summed E-state index contributed by atoms with van der Waals surface area (Å²) >= 11 is 6.12. The molecule has 0 unspecified atom stereocenters. The van der Waals surface area contributed by atoms with E-state index in [1.54, 1.807) is 0 Å². The smallest absolute Gasteiger partial charge is 0.416 e. The Bertz CT molecular complexity index is 1440. The van der Waals surface area contributed by atoms with E-state index in [-0.39, 0.29) is 33.9 Å². The molecule has 36 heavy (non-hydrogen) atoms. The molecule has 0 bridgehead atoms. The molecule has 0 radical (unpaired) electrons. The van der Waals surface area contributed by atoms with Crippen molar-refractivity contribution < 1.29 is 40.3 Å². The van der Waals surface area contributed by atoms with Gasteiger partial charge in [-0.15, -0.1) is 0 Å². The van der Waals surface area contributed by atoms with Crippen LogP contribution in [0.25, 0.3) is 22.3 Å². The number of hydrogen-bond donors (Lipinski definition) is 2. The van der Waals surface area contributed by atoms with Crippen LogP contribution in [0.4, 0.5) is 13.2 Å². The average molecular weight is 549 g/mol. The number of carbonyl (C=O) groups excluding carboxylic acids is 1. The van der Waals surface area contributed by atoms with Crippen LogP contribution in [-0.2, 0) is 25.9 Å². The first-order valence-electron chi connectivity index (χ1n) is 10.3. The molecule has 0 spiro atoms. The number of halogens is 4. The van der Waals surface area contributed by atoms with Crippen molar-refractivity contribution in [1.82, 2.24) is 9.44 Å².